The molecule has 0 spiro atoms. The van der Waals surface area contributed by atoms with Crippen LogP contribution in [0.5, 0.6) is 0 Å². The highest BCUT2D eigenvalue weighted by atomic mass is 16.5. The van der Waals surface area contributed by atoms with Gasteiger partial charge in [0.2, 0.25) is 0 Å². The molecular formula is C11H17N3O3. The SMILES string of the molecule is COC1CC(NCc2c(C(=O)O)cnn2C)C1. The van der Waals surface area contributed by atoms with Gasteiger partial charge in [-0.05, 0) is 12.8 Å². The quantitative estimate of drug-likeness (QED) is 0.777. The maximum Gasteiger partial charge on any atom is 0.339 e. The van der Waals surface area contributed by atoms with Gasteiger partial charge in [0.1, 0.15) is 5.56 Å². The molecule has 0 unspecified atom stereocenters. The van der Waals surface area contributed by atoms with Crippen LogP contribution in [0.15, 0.2) is 6.20 Å². The summed E-state index contributed by atoms with van der Waals surface area (Å²) in [5, 5.41) is 16.3. The molecule has 1 heterocycles. The molecule has 0 atom stereocenters. The minimum absolute atomic E-state index is 0.266. The second-order valence-corrected chi connectivity index (χ2v) is 4.34. The van der Waals surface area contributed by atoms with Gasteiger partial charge in [0.15, 0.2) is 0 Å². The molecule has 1 fully saturated rings. The van der Waals surface area contributed by atoms with Crippen molar-refractivity contribution in [2.45, 2.75) is 31.5 Å². The number of methoxy groups -OCH3 is 1. The lowest BCUT2D eigenvalue weighted by atomic mass is 9.89. The molecule has 6 heteroatoms. The first kappa shape index (κ1) is 12.1. The molecule has 0 aromatic carbocycles. The zero-order chi connectivity index (χ0) is 12.4. The van der Waals surface area contributed by atoms with E-state index in [4.69, 9.17) is 9.84 Å². The number of ether oxygens (including phenoxy) is 1. The molecule has 2 N–H and O–H groups in total. The maximum absolute atomic E-state index is 11.0. The molecule has 0 bridgehead atoms. The summed E-state index contributed by atoms with van der Waals surface area (Å²) in [5.41, 5.74) is 0.973. The van der Waals surface area contributed by atoms with Gasteiger partial charge in [-0.1, -0.05) is 0 Å². The third kappa shape index (κ3) is 2.48. The van der Waals surface area contributed by atoms with Crippen molar-refractivity contribution in [3.63, 3.8) is 0 Å². The number of nitrogens with zero attached hydrogens (tertiary/aromatic N) is 2. The molecule has 1 saturated carbocycles. The molecule has 0 radical (unpaired) electrons. The van der Waals surface area contributed by atoms with Crippen LogP contribution in [0.3, 0.4) is 0 Å². The van der Waals surface area contributed by atoms with Crippen molar-refractivity contribution in [1.82, 2.24) is 15.1 Å². The summed E-state index contributed by atoms with van der Waals surface area (Å²) in [4.78, 5) is 11.0. The minimum atomic E-state index is -0.932. The molecule has 0 aliphatic heterocycles. The van der Waals surface area contributed by atoms with E-state index in [-0.39, 0.29) is 5.56 Å². The van der Waals surface area contributed by atoms with Crippen LogP contribution < -0.4 is 5.32 Å². The van der Waals surface area contributed by atoms with Crippen LogP contribution in [0, 0.1) is 0 Å². The van der Waals surface area contributed by atoms with Crippen LogP contribution in [0.25, 0.3) is 0 Å². The second-order valence-electron chi connectivity index (χ2n) is 4.34. The minimum Gasteiger partial charge on any atom is -0.478 e. The van der Waals surface area contributed by atoms with E-state index in [1.807, 2.05) is 0 Å². The third-order valence-electron chi connectivity index (χ3n) is 3.28. The number of aryl methyl sites for hydroxylation is 1. The maximum atomic E-state index is 11.0. The van der Waals surface area contributed by atoms with E-state index in [1.165, 1.54) is 6.20 Å². The third-order valence-corrected chi connectivity index (χ3v) is 3.28. The van der Waals surface area contributed by atoms with E-state index in [0.717, 1.165) is 12.8 Å². The summed E-state index contributed by atoms with van der Waals surface area (Å²) in [7, 11) is 3.47. The highest BCUT2D eigenvalue weighted by Gasteiger charge is 2.29. The molecule has 0 saturated heterocycles. The Hall–Kier alpha value is -1.40. The highest BCUT2D eigenvalue weighted by Crippen LogP contribution is 2.23. The molecule has 6 nitrogen and oxygen atoms in total. The molecule has 1 aliphatic carbocycles. The van der Waals surface area contributed by atoms with Gasteiger partial charge in [-0.2, -0.15) is 5.10 Å². The van der Waals surface area contributed by atoms with Crippen LogP contribution in [0.1, 0.15) is 28.9 Å². The number of carbonyl (C=O) groups is 1. The normalized spacial score (nSPS) is 23.4. The van der Waals surface area contributed by atoms with E-state index in [2.05, 4.69) is 10.4 Å². The Balaban J connectivity index is 1.91. The Kier molecular flexibility index (Phi) is 3.44. The van der Waals surface area contributed by atoms with Gasteiger partial charge in [0.05, 0.1) is 18.0 Å². The fraction of sp³-hybridized carbons (Fsp3) is 0.636. The molecule has 1 aromatic rings. The van der Waals surface area contributed by atoms with Crippen molar-refractivity contribution in [1.29, 1.82) is 0 Å². The lowest BCUT2D eigenvalue weighted by molar-refractivity contribution is 0.0168. The van der Waals surface area contributed by atoms with Crippen LogP contribution in [0.2, 0.25) is 0 Å². The van der Waals surface area contributed by atoms with Gasteiger partial charge in [-0.25, -0.2) is 4.79 Å². The first-order chi connectivity index (χ1) is 8.11. The van der Waals surface area contributed by atoms with E-state index in [0.29, 0.717) is 24.4 Å². The van der Waals surface area contributed by atoms with Crippen molar-refractivity contribution in [3.8, 4) is 0 Å². The van der Waals surface area contributed by atoms with E-state index < -0.39 is 5.97 Å². The Morgan fingerprint density at radius 1 is 1.71 bits per heavy atom. The van der Waals surface area contributed by atoms with Crippen molar-refractivity contribution in [3.05, 3.63) is 17.5 Å². The van der Waals surface area contributed by atoms with Gasteiger partial charge in [-0.15, -0.1) is 0 Å². The average Bonchev–Trinajstić information content (AvgIpc) is 2.58. The average molecular weight is 239 g/mol. The highest BCUT2D eigenvalue weighted by molar-refractivity contribution is 5.88. The fourth-order valence-electron chi connectivity index (χ4n) is 2.02. The predicted molar refractivity (Wildman–Crippen MR) is 60.8 cm³/mol. The topological polar surface area (TPSA) is 76.4 Å². The van der Waals surface area contributed by atoms with Gasteiger partial charge in [0, 0.05) is 26.7 Å². The van der Waals surface area contributed by atoms with Crippen molar-refractivity contribution < 1.29 is 14.6 Å². The summed E-state index contributed by atoms with van der Waals surface area (Å²) < 4.78 is 6.79. The molecule has 1 aromatic heterocycles. The van der Waals surface area contributed by atoms with E-state index in [1.54, 1.807) is 18.8 Å². The number of aromatic carboxylic acids is 1. The Morgan fingerprint density at radius 2 is 2.41 bits per heavy atom. The van der Waals surface area contributed by atoms with Crippen molar-refractivity contribution >= 4 is 5.97 Å². The van der Waals surface area contributed by atoms with Crippen molar-refractivity contribution in [2.24, 2.45) is 7.05 Å². The monoisotopic (exact) mass is 239 g/mol. The zero-order valence-electron chi connectivity index (χ0n) is 10.0. The Morgan fingerprint density at radius 3 is 3.00 bits per heavy atom. The number of carboxylic acids is 1. The van der Waals surface area contributed by atoms with Gasteiger partial charge in [-0.3, -0.25) is 4.68 Å². The Bertz CT molecular complexity index is 410. The molecular weight excluding hydrogens is 222 g/mol. The number of rotatable bonds is 5. The summed E-state index contributed by atoms with van der Waals surface area (Å²) in [6.45, 7) is 0.527. The van der Waals surface area contributed by atoms with Gasteiger partial charge >= 0.3 is 5.97 Å². The van der Waals surface area contributed by atoms with Crippen LogP contribution >= 0.6 is 0 Å². The van der Waals surface area contributed by atoms with E-state index in [9.17, 15) is 4.79 Å². The molecule has 1 aliphatic rings. The predicted octanol–water partition coefficient (Wildman–Crippen LogP) is 0.385. The summed E-state index contributed by atoms with van der Waals surface area (Å²) in [6, 6.07) is 0.413. The smallest absolute Gasteiger partial charge is 0.339 e. The first-order valence-electron chi connectivity index (χ1n) is 5.62. The fourth-order valence-corrected chi connectivity index (χ4v) is 2.02. The first-order valence-corrected chi connectivity index (χ1v) is 5.62. The second kappa shape index (κ2) is 4.85. The largest absolute Gasteiger partial charge is 0.478 e. The molecule has 94 valence electrons. The van der Waals surface area contributed by atoms with Crippen LogP contribution in [-0.2, 0) is 18.3 Å². The Labute approximate surface area is 99.6 Å². The standard InChI is InChI=1S/C11H17N3O3/c1-14-10(9(5-13-14)11(15)16)6-12-7-3-8(4-7)17-2/h5,7-8,12H,3-4,6H2,1-2H3,(H,15,16). The van der Waals surface area contributed by atoms with Gasteiger partial charge < -0.3 is 15.2 Å². The number of hydrogen-bond donors (Lipinski definition) is 2. The number of aromatic nitrogens is 2. The lowest BCUT2D eigenvalue weighted by Crippen LogP contribution is -2.44. The number of nitrogens with one attached hydrogen (secondary N) is 1. The van der Waals surface area contributed by atoms with E-state index >= 15 is 0 Å². The lowest BCUT2D eigenvalue weighted by Gasteiger charge is -2.34. The molecule has 0 amide bonds. The molecule has 17 heavy (non-hydrogen) atoms. The molecule has 2 rings (SSSR count). The zero-order valence-corrected chi connectivity index (χ0v) is 10.0. The number of carboxylic acid groups (broad SMARTS) is 1. The summed E-state index contributed by atoms with van der Waals surface area (Å²) >= 11 is 0. The summed E-state index contributed by atoms with van der Waals surface area (Å²) in [6.07, 6.45) is 3.70. The van der Waals surface area contributed by atoms with Gasteiger partial charge in [0.25, 0.3) is 0 Å². The van der Waals surface area contributed by atoms with Crippen molar-refractivity contribution in [2.75, 3.05) is 7.11 Å². The van der Waals surface area contributed by atoms with Crippen LogP contribution in [-0.4, -0.2) is 40.1 Å². The van der Waals surface area contributed by atoms with Crippen LogP contribution in [0.4, 0.5) is 0 Å². The summed E-state index contributed by atoms with van der Waals surface area (Å²) in [5.74, 6) is -0.932. The number of hydrogen-bond acceptors (Lipinski definition) is 4.